The molecule has 0 radical (unpaired) electrons. The van der Waals surface area contributed by atoms with Gasteiger partial charge in [0, 0.05) is 16.9 Å². The Kier molecular flexibility index (Phi) is 4.35. The van der Waals surface area contributed by atoms with Crippen LogP contribution < -0.4 is 11.1 Å². The van der Waals surface area contributed by atoms with Crippen LogP contribution in [0, 0.1) is 6.92 Å². The van der Waals surface area contributed by atoms with Gasteiger partial charge in [-0.3, -0.25) is 4.79 Å². The molecule has 0 atom stereocenters. The predicted molar refractivity (Wildman–Crippen MR) is 81.8 cm³/mol. The van der Waals surface area contributed by atoms with Crippen LogP contribution >= 0.6 is 0 Å². The number of amides is 1. The van der Waals surface area contributed by atoms with Crippen molar-refractivity contribution < 1.29 is 4.79 Å². The van der Waals surface area contributed by atoms with Gasteiger partial charge in [-0.2, -0.15) is 0 Å². The first-order valence-electron chi connectivity index (χ1n) is 6.73. The van der Waals surface area contributed by atoms with Crippen LogP contribution in [0.1, 0.15) is 35.0 Å². The van der Waals surface area contributed by atoms with Crippen molar-refractivity contribution in [2.75, 3.05) is 11.1 Å². The van der Waals surface area contributed by atoms with Gasteiger partial charge in [0.2, 0.25) is 0 Å². The van der Waals surface area contributed by atoms with Crippen LogP contribution in [0.2, 0.25) is 0 Å². The second-order valence-corrected chi connectivity index (χ2v) is 4.79. The summed E-state index contributed by atoms with van der Waals surface area (Å²) < 4.78 is 0. The minimum atomic E-state index is -0.161. The molecule has 104 valence electrons. The third-order valence-electron chi connectivity index (χ3n) is 3.06. The molecule has 1 heterocycles. The van der Waals surface area contributed by atoms with Gasteiger partial charge in [-0.15, -0.1) is 0 Å². The minimum Gasteiger partial charge on any atom is -0.384 e. The number of aromatic nitrogens is 1. The average Bonchev–Trinajstić information content (AvgIpc) is 2.41. The molecule has 20 heavy (non-hydrogen) atoms. The number of aryl methyl sites for hydroxylation is 2. The Bertz CT molecular complexity index is 623. The van der Waals surface area contributed by atoms with E-state index in [1.807, 2.05) is 31.2 Å². The van der Waals surface area contributed by atoms with E-state index in [1.165, 1.54) is 0 Å². The number of nitrogens with zero attached hydrogens (tertiary/aromatic N) is 1. The van der Waals surface area contributed by atoms with Crippen molar-refractivity contribution in [1.29, 1.82) is 0 Å². The molecule has 4 heteroatoms. The van der Waals surface area contributed by atoms with Crippen LogP contribution in [0.5, 0.6) is 0 Å². The number of hydrogen-bond acceptors (Lipinski definition) is 3. The van der Waals surface area contributed by atoms with Gasteiger partial charge in [0.1, 0.15) is 5.82 Å². The number of para-hydroxylation sites is 1. The van der Waals surface area contributed by atoms with Gasteiger partial charge in [0.15, 0.2) is 0 Å². The Hall–Kier alpha value is -2.36. The Labute approximate surface area is 119 Å². The number of nitrogens with one attached hydrogen (secondary N) is 1. The summed E-state index contributed by atoms with van der Waals surface area (Å²) in [5.41, 5.74) is 8.99. The van der Waals surface area contributed by atoms with E-state index in [-0.39, 0.29) is 5.91 Å². The van der Waals surface area contributed by atoms with Gasteiger partial charge >= 0.3 is 0 Å². The lowest BCUT2D eigenvalue weighted by atomic mass is 10.1. The fourth-order valence-corrected chi connectivity index (χ4v) is 2.03. The van der Waals surface area contributed by atoms with E-state index in [9.17, 15) is 4.79 Å². The number of pyridine rings is 1. The standard InChI is InChI=1S/C16H19N3O/c1-3-6-13-9-12(10-15(17)18-13)16(20)19-14-8-5-4-7-11(14)2/h4-5,7-10H,3,6H2,1-2H3,(H2,17,18)(H,19,20). The lowest BCUT2D eigenvalue weighted by molar-refractivity contribution is 0.102. The monoisotopic (exact) mass is 269 g/mol. The molecule has 3 N–H and O–H groups in total. The summed E-state index contributed by atoms with van der Waals surface area (Å²) in [4.78, 5) is 16.5. The van der Waals surface area contributed by atoms with Crippen LogP contribution in [0.15, 0.2) is 36.4 Å². The molecule has 0 fully saturated rings. The third-order valence-corrected chi connectivity index (χ3v) is 3.06. The van der Waals surface area contributed by atoms with Crippen LogP contribution in [0.4, 0.5) is 11.5 Å². The predicted octanol–water partition coefficient (Wildman–Crippen LogP) is 3.18. The van der Waals surface area contributed by atoms with Gasteiger partial charge in [-0.25, -0.2) is 4.98 Å². The summed E-state index contributed by atoms with van der Waals surface area (Å²) in [5.74, 6) is 0.219. The molecule has 0 aliphatic carbocycles. The highest BCUT2D eigenvalue weighted by Crippen LogP contribution is 2.16. The number of carbonyl (C=O) groups is 1. The minimum absolute atomic E-state index is 0.161. The van der Waals surface area contributed by atoms with Crippen molar-refractivity contribution in [2.24, 2.45) is 0 Å². The van der Waals surface area contributed by atoms with Crippen LogP contribution in [-0.4, -0.2) is 10.9 Å². The number of nitrogens with two attached hydrogens (primary N) is 1. The number of benzene rings is 1. The van der Waals surface area contributed by atoms with E-state index in [2.05, 4.69) is 17.2 Å². The molecule has 1 aromatic heterocycles. The summed E-state index contributed by atoms with van der Waals surface area (Å²) in [5, 5.41) is 2.90. The van der Waals surface area contributed by atoms with E-state index >= 15 is 0 Å². The molecule has 2 rings (SSSR count). The zero-order valence-electron chi connectivity index (χ0n) is 11.8. The molecule has 4 nitrogen and oxygen atoms in total. The fourth-order valence-electron chi connectivity index (χ4n) is 2.03. The van der Waals surface area contributed by atoms with E-state index in [0.717, 1.165) is 29.8 Å². The largest absolute Gasteiger partial charge is 0.384 e. The molecule has 0 unspecified atom stereocenters. The average molecular weight is 269 g/mol. The highest BCUT2D eigenvalue weighted by molar-refractivity contribution is 6.05. The Morgan fingerprint density at radius 2 is 2.05 bits per heavy atom. The summed E-state index contributed by atoms with van der Waals surface area (Å²) in [6.45, 7) is 4.02. The van der Waals surface area contributed by atoms with Gasteiger partial charge < -0.3 is 11.1 Å². The number of nitrogen functional groups attached to an aromatic ring is 1. The van der Waals surface area contributed by atoms with E-state index < -0.39 is 0 Å². The van der Waals surface area contributed by atoms with E-state index in [1.54, 1.807) is 12.1 Å². The molecule has 0 saturated heterocycles. The molecule has 0 aliphatic heterocycles. The van der Waals surface area contributed by atoms with Crippen molar-refractivity contribution in [3.05, 3.63) is 53.2 Å². The Balaban J connectivity index is 2.23. The lowest BCUT2D eigenvalue weighted by Crippen LogP contribution is -2.14. The van der Waals surface area contributed by atoms with Crippen LogP contribution in [0.3, 0.4) is 0 Å². The first-order valence-corrected chi connectivity index (χ1v) is 6.73. The maximum Gasteiger partial charge on any atom is 0.255 e. The molecular formula is C16H19N3O. The SMILES string of the molecule is CCCc1cc(C(=O)Nc2ccccc2C)cc(N)n1. The highest BCUT2D eigenvalue weighted by atomic mass is 16.1. The first kappa shape index (κ1) is 14.1. The molecule has 0 saturated carbocycles. The van der Waals surface area contributed by atoms with Gasteiger partial charge in [-0.1, -0.05) is 31.5 Å². The second kappa shape index (κ2) is 6.19. The number of anilines is 2. The smallest absolute Gasteiger partial charge is 0.255 e. The topological polar surface area (TPSA) is 68.0 Å². The van der Waals surface area contributed by atoms with Crippen molar-refractivity contribution in [3.8, 4) is 0 Å². The fraction of sp³-hybridized carbons (Fsp3) is 0.250. The van der Waals surface area contributed by atoms with Crippen LogP contribution in [0.25, 0.3) is 0 Å². The number of hydrogen-bond donors (Lipinski definition) is 2. The summed E-state index contributed by atoms with van der Waals surface area (Å²) in [6, 6.07) is 11.1. The van der Waals surface area contributed by atoms with Gasteiger partial charge in [-0.05, 0) is 37.1 Å². The summed E-state index contributed by atoms with van der Waals surface area (Å²) in [6.07, 6.45) is 1.78. The van der Waals surface area contributed by atoms with Crippen molar-refractivity contribution in [2.45, 2.75) is 26.7 Å². The van der Waals surface area contributed by atoms with Crippen molar-refractivity contribution in [3.63, 3.8) is 0 Å². The quantitative estimate of drug-likeness (QED) is 0.895. The Morgan fingerprint density at radius 1 is 1.30 bits per heavy atom. The molecule has 0 bridgehead atoms. The normalized spacial score (nSPS) is 10.3. The highest BCUT2D eigenvalue weighted by Gasteiger charge is 2.10. The first-order chi connectivity index (χ1) is 9.60. The molecule has 0 aliphatic rings. The van der Waals surface area contributed by atoms with Crippen molar-refractivity contribution >= 4 is 17.4 Å². The van der Waals surface area contributed by atoms with Gasteiger partial charge in [0.05, 0.1) is 0 Å². The number of carbonyl (C=O) groups excluding carboxylic acids is 1. The molecule has 1 aromatic carbocycles. The molecule has 2 aromatic rings. The van der Waals surface area contributed by atoms with E-state index in [4.69, 9.17) is 5.73 Å². The molecular weight excluding hydrogens is 250 g/mol. The lowest BCUT2D eigenvalue weighted by Gasteiger charge is -2.09. The van der Waals surface area contributed by atoms with Gasteiger partial charge in [0.25, 0.3) is 5.91 Å². The van der Waals surface area contributed by atoms with Crippen molar-refractivity contribution in [1.82, 2.24) is 4.98 Å². The summed E-state index contributed by atoms with van der Waals surface area (Å²) in [7, 11) is 0. The second-order valence-electron chi connectivity index (χ2n) is 4.79. The third kappa shape index (κ3) is 3.35. The zero-order valence-corrected chi connectivity index (χ0v) is 11.8. The molecule has 0 spiro atoms. The number of rotatable bonds is 4. The zero-order chi connectivity index (χ0) is 14.5. The molecule has 1 amide bonds. The van der Waals surface area contributed by atoms with E-state index in [0.29, 0.717) is 11.4 Å². The maximum atomic E-state index is 12.3. The van der Waals surface area contributed by atoms with Crippen LogP contribution in [-0.2, 0) is 6.42 Å². The Morgan fingerprint density at radius 3 is 2.75 bits per heavy atom. The summed E-state index contributed by atoms with van der Waals surface area (Å²) >= 11 is 0. The maximum absolute atomic E-state index is 12.3.